The van der Waals surface area contributed by atoms with Crippen LogP contribution in [0.4, 0.5) is 0 Å². The van der Waals surface area contributed by atoms with Crippen LogP contribution in [0.15, 0.2) is 24.3 Å². The van der Waals surface area contributed by atoms with Gasteiger partial charge in [-0.1, -0.05) is 69.7 Å². The number of hydrogen-bond acceptors (Lipinski definition) is 2. The summed E-state index contributed by atoms with van der Waals surface area (Å²) in [4.78, 5) is 18.4. The fourth-order valence-electron chi connectivity index (χ4n) is 3.05. The molecule has 26 heavy (non-hydrogen) atoms. The fourth-order valence-corrected chi connectivity index (χ4v) is 3.57. The lowest BCUT2D eigenvalue weighted by Crippen LogP contribution is -2.38. The molecule has 150 valence electrons. The molecule has 1 aromatic rings. The lowest BCUT2D eigenvalue weighted by Gasteiger charge is -2.29. The molecule has 1 rings (SSSR count). The quantitative estimate of drug-likeness (QED) is 0.289. The summed E-state index contributed by atoms with van der Waals surface area (Å²) in [5, 5.41) is 0. The fraction of sp³-hybridized carbons (Fsp3) is 0.700. The molecule has 2 N–H and O–H groups in total. The molecule has 0 spiro atoms. The number of rotatable bonds is 13. The molecule has 0 amide bonds. The van der Waals surface area contributed by atoms with Crippen LogP contribution in [0, 0.1) is 0 Å². The lowest BCUT2D eigenvalue weighted by atomic mass is 10.0. The van der Waals surface area contributed by atoms with E-state index in [1.807, 2.05) is 33.3 Å². The van der Waals surface area contributed by atoms with Crippen molar-refractivity contribution < 1.29 is 23.4 Å². The maximum absolute atomic E-state index is 11.3. The van der Waals surface area contributed by atoms with E-state index in [-0.39, 0.29) is 0 Å². The zero-order chi connectivity index (χ0) is 19.6. The van der Waals surface area contributed by atoms with Gasteiger partial charge in [0, 0.05) is 0 Å². The minimum absolute atomic E-state index is 0.488. The van der Waals surface area contributed by atoms with Crippen molar-refractivity contribution >= 4 is 7.82 Å². The summed E-state index contributed by atoms with van der Waals surface area (Å²) >= 11 is 0. The summed E-state index contributed by atoms with van der Waals surface area (Å²) in [7, 11) is 1.40. The number of quaternary nitrogens is 1. The van der Waals surface area contributed by atoms with E-state index in [1.54, 1.807) is 0 Å². The van der Waals surface area contributed by atoms with Crippen LogP contribution in [0.3, 0.4) is 0 Å². The number of phosphoric acid groups is 1. The largest absolute Gasteiger partial charge is 0.470 e. The number of unbranched alkanes of at least 4 members (excludes halogenated alkanes) is 6. The molecule has 1 aromatic carbocycles. The van der Waals surface area contributed by atoms with Crippen molar-refractivity contribution in [3.05, 3.63) is 35.4 Å². The zero-order valence-electron chi connectivity index (χ0n) is 16.9. The Labute approximate surface area is 159 Å². The third-order valence-electron chi connectivity index (χ3n) is 4.40. The Hall–Kier alpha value is -0.710. The highest BCUT2D eigenvalue weighted by molar-refractivity contribution is 7.46. The Morgan fingerprint density at radius 1 is 0.962 bits per heavy atom. The molecule has 0 aromatic heterocycles. The molecule has 1 unspecified atom stereocenters. The van der Waals surface area contributed by atoms with E-state index in [2.05, 4.69) is 19.1 Å². The summed E-state index contributed by atoms with van der Waals surface area (Å²) in [5.74, 6) is 0. The van der Waals surface area contributed by atoms with Gasteiger partial charge < -0.3 is 14.3 Å². The van der Waals surface area contributed by atoms with Crippen LogP contribution in [-0.2, 0) is 15.5 Å². The van der Waals surface area contributed by atoms with Gasteiger partial charge in [-0.05, 0) is 24.0 Å². The molecule has 0 aliphatic heterocycles. The van der Waals surface area contributed by atoms with E-state index < -0.39 is 13.9 Å². The molecule has 0 saturated heterocycles. The molecule has 0 fully saturated rings. The number of phosphoric ester groups is 1. The van der Waals surface area contributed by atoms with Crippen LogP contribution < -0.4 is 0 Å². The average molecular weight is 386 g/mol. The van der Waals surface area contributed by atoms with Gasteiger partial charge in [0.2, 0.25) is 0 Å². The van der Waals surface area contributed by atoms with Crippen LogP contribution in [-0.4, -0.2) is 42.0 Å². The van der Waals surface area contributed by atoms with Gasteiger partial charge in [0.1, 0.15) is 12.6 Å². The standard InChI is InChI=1S/C20H36NO4P/c1-5-6-7-8-9-10-11-12-18-13-15-19(16-14-18)20(17-21(2,3)4)25-26(22,23)24/h13-16,20H,5-12,17H2,1-4H3,(H-,22,23,24)/p+1. The maximum atomic E-state index is 11.3. The number of benzene rings is 1. The second-order valence-electron chi connectivity index (χ2n) is 8.17. The van der Waals surface area contributed by atoms with Gasteiger partial charge in [-0.2, -0.15) is 0 Å². The summed E-state index contributed by atoms with van der Waals surface area (Å²) < 4.78 is 16.9. The van der Waals surface area contributed by atoms with Crippen molar-refractivity contribution in [2.45, 2.75) is 64.4 Å². The lowest BCUT2D eigenvalue weighted by molar-refractivity contribution is -0.874. The second kappa shape index (κ2) is 11.2. The normalized spacial score (nSPS) is 13.8. The first kappa shape index (κ1) is 23.3. The third kappa shape index (κ3) is 11.1. The third-order valence-corrected chi connectivity index (χ3v) is 4.93. The van der Waals surface area contributed by atoms with E-state index >= 15 is 0 Å². The van der Waals surface area contributed by atoms with E-state index in [0.717, 1.165) is 12.0 Å². The summed E-state index contributed by atoms with van der Waals surface area (Å²) in [6.07, 6.45) is 9.48. The molecule has 0 radical (unpaired) electrons. The highest BCUT2D eigenvalue weighted by Gasteiger charge is 2.28. The van der Waals surface area contributed by atoms with Crippen molar-refractivity contribution in [1.82, 2.24) is 0 Å². The molecule has 0 aliphatic rings. The minimum atomic E-state index is -4.53. The Balaban J connectivity index is 2.55. The SMILES string of the molecule is CCCCCCCCCc1ccc(C(C[N+](C)(C)C)OP(=O)(O)O)cc1. The monoisotopic (exact) mass is 386 g/mol. The van der Waals surface area contributed by atoms with Gasteiger partial charge in [0.05, 0.1) is 21.1 Å². The first-order valence-corrected chi connectivity index (χ1v) is 11.3. The minimum Gasteiger partial charge on any atom is -0.328 e. The highest BCUT2D eigenvalue weighted by Crippen LogP contribution is 2.42. The molecule has 0 aliphatic carbocycles. The van der Waals surface area contributed by atoms with Crippen molar-refractivity contribution in [2.75, 3.05) is 27.7 Å². The predicted octanol–water partition coefficient (Wildman–Crippen LogP) is 4.84. The van der Waals surface area contributed by atoms with Crippen LogP contribution in [0.1, 0.15) is 69.1 Å². The Bertz CT molecular complexity index is 548. The Kier molecular flexibility index (Phi) is 10.1. The molecular weight excluding hydrogens is 349 g/mol. The van der Waals surface area contributed by atoms with Gasteiger partial charge in [-0.15, -0.1) is 0 Å². The van der Waals surface area contributed by atoms with E-state index in [0.29, 0.717) is 11.0 Å². The Morgan fingerprint density at radius 2 is 1.50 bits per heavy atom. The Morgan fingerprint density at radius 3 is 2.00 bits per heavy atom. The molecule has 0 heterocycles. The molecule has 1 atom stereocenters. The highest BCUT2D eigenvalue weighted by atomic mass is 31.2. The molecular formula is C20H37NO4P+. The van der Waals surface area contributed by atoms with Crippen molar-refractivity contribution in [2.24, 2.45) is 0 Å². The van der Waals surface area contributed by atoms with E-state index in [4.69, 9.17) is 4.52 Å². The second-order valence-corrected chi connectivity index (χ2v) is 9.36. The average Bonchev–Trinajstić information content (AvgIpc) is 2.51. The number of nitrogens with zero attached hydrogens (tertiary/aromatic N) is 1. The summed E-state index contributed by atoms with van der Waals surface area (Å²) in [5.41, 5.74) is 2.08. The van der Waals surface area contributed by atoms with Crippen LogP contribution in [0.5, 0.6) is 0 Å². The van der Waals surface area contributed by atoms with Crippen molar-refractivity contribution in [1.29, 1.82) is 0 Å². The van der Waals surface area contributed by atoms with Crippen LogP contribution in [0.25, 0.3) is 0 Å². The van der Waals surface area contributed by atoms with E-state index in [1.165, 1.54) is 50.5 Å². The molecule has 5 nitrogen and oxygen atoms in total. The summed E-state index contributed by atoms with van der Waals surface area (Å²) in [6, 6.07) is 7.98. The van der Waals surface area contributed by atoms with Crippen LogP contribution in [0.2, 0.25) is 0 Å². The first-order chi connectivity index (χ1) is 12.1. The molecule has 0 saturated carbocycles. The molecule has 6 heteroatoms. The van der Waals surface area contributed by atoms with Gasteiger partial charge in [-0.3, -0.25) is 4.52 Å². The van der Waals surface area contributed by atoms with Gasteiger partial charge >= 0.3 is 7.82 Å². The van der Waals surface area contributed by atoms with Gasteiger partial charge in [-0.25, -0.2) is 4.57 Å². The predicted molar refractivity (Wildman–Crippen MR) is 107 cm³/mol. The maximum Gasteiger partial charge on any atom is 0.470 e. The van der Waals surface area contributed by atoms with E-state index in [9.17, 15) is 14.4 Å². The summed E-state index contributed by atoms with van der Waals surface area (Å²) in [6.45, 7) is 2.72. The van der Waals surface area contributed by atoms with Gasteiger partial charge in [0.15, 0.2) is 0 Å². The topological polar surface area (TPSA) is 66.8 Å². The number of likely N-dealkylation sites (N-methyl/N-ethyl adjacent to an activating group) is 1. The molecule has 0 bridgehead atoms. The number of hydrogen-bond donors (Lipinski definition) is 2. The van der Waals surface area contributed by atoms with Crippen molar-refractivity contribution in [3.63, 3.8) is 0 Å². The van der Waals surface area contributed by atoms with Gasteiger partial charge in [0.25, 0.3) is 0 Å². The van der Waals surface area contributed by atoms with Crippen LogP contribution >= 0.6 is 7.82 Å². The smallest absolute Gasteiger partial charge is 0.328 e. The van der Waals surface area contributed by atoms with Crippen molar-refractivity contribution in [3.8, 4) is 0 Å². The number of aryl methyl sites for hydroxylation is 1. The zero-order valence-corrected chi connectivity index (χ0v) is 17.8. The first-order valence-electron chi connectivity index (χ1n) is 9.74.